The van der Waals surface area contributed by atoms with E-state index in [9.17, 15) is 0 Å². The van der Waals surface area contributed by atoms with Crippen molar-refractivity contribution >= 4 is 11.9 Å². The average molecular weight is 268 g/mol. The van der Waals surface area contributed by atoms with Crippen molar-refractivity contribution in [1.29, 1.82) is 0 Å². The maximum Gasteiger partial charge on any atom is 0.322 e. The van der Waals surface area contributed by atoms with Gasteiger partial charge >= 0.3 is 6.01 Å². The van der Waals surface area contributed by atoms with Crippen LogP contribution in [0.25, 0.3) is 0 Å². The van der Waals surface area contributed by atoms with E-state index in [2.05, 4.69) is 51.4 Å². The van der Waals surface area contributed by atoms with E-state index in [1.54, 1.807) is 7.05 Å². The number of aromatic nitrogens is 3. The van der Waals surface area contributed by atoms with E-state index in [4.69, 9.17) is 4.74 Å². The third-order valence-electron chi connectivity index (χ3n) is 2.87. The van der Waals surface area contributed by atoms with Crippen LogP contribution >= 0.6 is 0 Å². The first kappa shape index (κ1) is 15.4. The van der Waals surface area contributed by atoms with Crippen LogP contribution in [0.5, 0.6) is 6.01 Å². The van der Waals surface area contributed by atoms with Gasteiger partial charge in [0, 0.05) is 19.6 Å². The fourth-order valence-corrected chi connectivity index (χ4v) is 1.43. The zero-order valence-electron chi connectivity index (χ0n) is 12.4. The van der Waals surface area contributed by atoms with Gasteiger partial charge in [0.05, 0.1) is 7.11 Å². The van der Waals surface area contributed by atoms with Gasteiger partial charge < -0.3 is 20.3 Å². The van der Waals surface area contributed by atoms with E-state index in [-0.39, 0.29) is 0 Å². The summed E-state index contributed by atoms with van der Waals surface area (Å²) in [5, 5.41) is 6.05. The first-order valence-corrected chi connectivity index (χ1v) is 6.48. The van der Waals surface area contributed by atoms with Gasteiger partial charge in [-0.1, -0.05) is 0 Å². The molecule has 0 aliphatic carbocycles. The summed E-state index contributed by atoms with van der Waals surface area (Å²) in [5.41, 5.74) is 0. The molecule has 0 aromatic carbocycles. The van der Waals surface area contributed by atoms with Crippen LogP contribution in [0.2, 0.25) is 0 Å². The highest BCUT2D eigenvalue weighted by Gasteiger charge is 2.06. The third kappa shape index (κ3) is 5.25. The van der Waals surface area contributed by atoms with Gasteiger partial charge in [0.1, 0.15) is 0 Å². The predicted molar refractivity (Wildman–Crippen MR) is 76.8 cm³/mol. The summed E-state index contributed by atoms with van der Waals surface area (Å²) < 4.78 is 5.02. The lowest BCUT2D eigenvalue weighted by atomic mass is 10.3. The summed E-state index contributed by atoms with van der Waals surface area (Å²) in [5.74, 6) is 1.03. The molecule has 7 nitrogen and oxygen atoms in total. The van der Waals surface area contributed by atoms with Gasteiger partial charge in [-0.25, -0.2) is 0 Å². The smallest absolute Gasteiger partial charge is 0.322 e. The molecule has 0 aliphatic heterocycles. The van der Waals surface area contributed by atoms with Gasteiger partial charge in [-0.05, 0) is 33.9 Å². The Labute approximate surface area is 114 Å². The van der Waals surface area contributed by atoms with Crippen LogP contribution in [0.1, 0.15) is 20.3 Å². The fourth-order valence-electron chi connectivity index (χ4n) is 1.43. The van der Waals surface area contributed by atoms with Crippen LogP contribution < -0.4 is 15.4 Å². The lowest BCUT2D eigenvalue weighted by Crippen LogP contribution is -2.28. The quantitative estimate of drug-likeness (QED) is 0.683. The van der Waals surface area contributed by atoms with Crippen LogP contribution in [0, 0.1) is 0 Å². The normalized spacial score (nSPS) is 10.9. The van der Waals surface area contributed by atoms with Crippen molar-refractivity contribution in [1.82, 2.24) is 19.9 Å². The molecule has 0 bridgehead atoms. The molecule has 1 heterocycles. The van der Waals surface area contributed by atoms with Crippen molar-refractivity contribution < 1.29 is 4.74 Å². The van der Waals surface area contributed by atoms with Crippen molar-refractivity contribution in [2.45, 2.75) is 26.3 Å². The average Bonchev–Trinajstić information content (AvgIpc) is 2.42. The van der Waals surface area contributed by atoms with Gasteiger partial charge in [-0.15, -0.1) is 0 Å². The topological polar surface area (TPSA) is 75.2 Å². The summed E-state index contributed by atoms with van der Waals surface area (Å²) in [4.78, 5) is 14.7. The summed E-state index contributed by atoms with van der Waals surface area (Å²) >= 11 is 0. The first-order chi connectivity index (χ1) is 9.06. The molecule has 0 atom stereocenters. The first-order valence-electron chi connectivity index (χ1n) is 6.48. The van der Waals surface area contributed by atoms with Gasteiger partial charge in [-0.2, -0.15) is 15.0 Å². The molecule has 7 heteroatoms. The summed E-state index contributed by atoms with van der Waals surface area (Å²) in [6.45, 7) is 6.21. The number of methoxy groups -OCH3 is 1. The highest BCUT2D eigenvalue weighted by Crippen LogP contribution is 2.10. The zero-order chi connectivity index (χ0) is 14.3. The van der Waals surface area contributed by atoms with E-state index in [0.717, 1.165) is 19.5 Å². The highest BCUT2D eigenvalue weighted by atomic mass is 16.5. The number of hydrogen-bond acceptors (Lipinski definition) is 7. The molecular weight excluding hydrogens is 244 g/mol. The van der Waals surface area contributed by atoms with Crippen molar-refractivity contribution in [2.24, 2.45) is 0 Å². The maximum atomic E-state index is 5.02. The van der Waals surface area contributed by atoms with Gasteiger partial charge in [0.2, 0.25) is 11.9 Å². The van der Waals surface area contributed by atoms with Crippen LogP contribution in [0.15, 0.2) is 0 Å². The number of anilines is 2. The molecular formula is C12H24N6O. The lowest BCUT2D eigenvalue weighted by Gasteiger charge is -2.20. The minimum absolute atomic E-state index is 0.307. The summed E-state index contributed by atoms with van der Waals surface area (Å²) in [6, 6.07) is 0.870. The Bertz CT molecular complexity index is 362. The zero-order valence-corrected chi connectivity index (χ0v) is 12.4. The molecule has 0 spiro atoms. The molecule has 0 radical (unpaired) electrons. The number of rotatable bonds is 8. The number of nitrogens with zero attached hydrogens (tertiary/aromatic N) is 4. The Kier molecular flexibility index (Phi) is 6.27. The second-order valence-corrected chi connectivity index (χ2v) is 4.57. The summed E-state index contributed by atoms with van der Waals surface area (Å²) in [6.07, 6.45) is 1.03. The molecule has 19 heavy (non-hydrogen) atoms. The van der Waals surface area contributed by atoms with Gasteiger partial charge in [-0.3, -0.25) is 0 Å². The van der Waals surface area contributed by atoms with Crippen LogP contribution in [-0.4, -0.2) is 60.2 Å². The Morgan fingerprint density at radius 1 is 1.21 bits per heavy atom. The second-order valence-electron chi connectivity index (χ2n) is 4.57. The SMILES string of the molecule is CNc1nc(NCCCN(C)C(C)C)nc(OC)n1. The van der Waals surface area contributed by atoms with Gasteiger partial charge in [0.25, 0.3) is 0 Å². The molecule has 1 rings (SSSR count). The molecule has 2 N–H and O–H groups in total. The van der Waals surface area contributed by atoms with Crippen molar-refractivity contribution in [3.63, 3.8) is 0 Å². The molecule has 1 aromatic rings. The van der Waals surface area contributed by atoms with Crippen LogP contribution in [0.3, 0.4) is 0 Å². The minimum Gasteiger partial charge on any atom is -0.467 e. The van der Waals surface area contributed by atoms with Crippen molar-refractivity contribution in [3.8, 4) is 6.01 Å². The maximum absolute atomic E-state index is 5.02. The van der Waals surface area contributed by atoms with E-state index in [1.807, 2.05) is 0 Å². The second kappa shape index (κ2) is 7.73. The van der Waals surface area contributed by atoms with E-state index in [1.165, 1.54) is 7.11 Å². The largest absolute Gasteiger partial charge is 0.467 e. The predicted octanol–water partition coefficient (Wildman–Crippen LogP) is 1.06. The molecule has 1 aromatic heterocycles. The Balaban J connectivity index is 2.44. The number of ether oxygens (including phenoxy) is 1. The van der Waals surface area contributed by atoms with Gasteiger partial charge in [0.15, 0.2) is 0 Å². The molecule has 108 valence electrons. The van der Waals surface area contributed by atoms with E-state index >= 15 is 0 Å². The number of hydrogen-bond donors (Lipinski definition) is 2. The molecule has 0 saturated heterocycles. The Morgan fingerprint density at radius 2 is 1.89 bits per heavy atom. The highest BCUT2D eigenvalue weighted by molar-refractivity contribution is 5.35. The standard InChI is InChI=1S/C12H24N6O/c1-9(2)18(4)8-6-7-14-11-15-10(13-3)16-12(17-11)19-5/h9H,6-8H2,1-5H3,(H2,13,14,15,16,17). The fraction of sp³-hybridized carbons (Fsp3) is 0.750. The number of nitrogens with one attached hydrogen (secondary N) is 2. The molecule has 0 aliphatic rings. The molecule has 0 fully saturated rings. The molecule has 0 amide bonds. The van der Waals surface area contributed by atoms with E-state index in [0.29, 0.717) is 23.9 Å². The minimum atomic E-state index is 0.307. The summed E-state index contributed by atoms with van der Waals surface area (Å²) in [7, 11) is 5.42. The lowest BCUT2D eigenvalue weighted by molar-refractivity contribution is 0.273. The van der Waals surface area contributed by atoms with Crippen molar-refractivity contribution in [3.05, 3.63) is 0 Å². The Morgan fingerprint density at radius 3 is 2.47 bits per heavy atom. The van der Waals surface area contributed by atoms with Crippen LogP contribution in [0.4, 0.5) is 11.9 Å². The molecule has 0 saturated carbocycles. The molecule has 0 unspecified atom stereocenters. The van der Waals surface area contributed by atoms with Crippen molar-refractivity contribution in [2.75, 3.05) is 44.9 Å². The third-order valence-corrected chi connectivity index (χ3v) is 2.87. The Hall–Kier alpha value is -1.63. The van der Waals surface area contributed by atoms with Crippen LogP contribution in [-0.2, 0) is 0 Å². The monoisotopic (exact) mass is 268 g/mol. The van der Waals surface area contributed by atoms with E-state index < -0.39 is 0 Å².